The zero-order chi connectivity index (χ0) is 13.1. The van der Waals surface area contributed by atoms with Crippen molar-refractivity contribution in [1.29, 1.82) is 0 Å². The summed E-state index contributed by atoms with van der Waals surface area (Å²) in [6, 6.07) is 3.07. The van der Waals surface area contributed by atoms with Gasteiger partial charge < -0.3 is 10.6 Å². The van der Waals surface area contributed by atoms with Gasteiger partial charge in [-0.15, -0.1) is 0 Å². The Morgan fingerprint density at radius 3 is 2.53 bits per heavy atom. The van der Waals surface area contributed by atoms with Gasteiger partial charge in [-0.2, -0.15) is 0 Å². The third kappa shape index (κ3) is 3.95. The van der Waals surface area contributed by atoms with Crippen LogP contribution in [0.1, 0.15) is 6.92 Å². The highest BCUT2D eigenvalue weighted by Gasteiger charge is 2.10. The Labute approximate surface area is 102 Å². The zero-order valence-electron chi connectivity index (χ0n) is 10.00. The molecule has 96 valence electrons. The molecule has 1 aromatic rings. The minimum Gasteiger partial charge on any atom is -0.359 e. The van der Waals surface area contributed by atoms with Crippen LogP contribution in [0.3, 0.4) is 0 Å². The van der Waals surface area contributed by atoms with Crippen LogP contribution in [0.5, 0.6) is 0 Å². The Morgan fingerprint density at radius 1 is 1.47 bits per heavy atom. The first-order valence-corrected chi connectivity index (χ1v) is 6.79. The zero-order valence-corrected chi connectivity index (χ0v) is 10.8. The molecule has 1 unspecified atom stereocenters. The van der Waals surface area contributed by atoms with E-state index in [-0.39, 0.29) is 4.90 Å². The Balaban J connectivity index is 2.81. The van der Waals surface area contributed by atoms with Gasteiger partial charge in [-0.1, -0.05) is 6.92 Å². The molecule has 0 amide bonds. The van der Waals surface area contributed by atoms with Crippen molar-refractivity contribution in [2.45, 2.75) is 11.8 Å². The maximum absolute atomic E-state index is 11.0. The van der Waals surface area contributed by atoms with Gasteiger partial charge >= 0.3 is 0 Å². The molecule has 17 heavy (non-hydrogen) atoms. The molecule has 1 aromatic heterocycles. The number of sulfonamides is 1. The number of anilines is 1. The van der Waals surface area contributed by atoms with E-state index in [1.165, 1.54) is 12.3 Å². The van der Waals surface area contributed by atoms with Crippen molar-refractivity contribution < 1.29 is 8.42 Å². The van der Waals surface area contributed by atoms with Gasteiger partial charge in [0.2, 0.25) is 10.0 Å². The second kappa shape index (κ2) is 5.44. The van der Waals surface area contributed by atoms with Crippen molar-refractivity contribution in [2.75, 3.05) is 25.0 Å². The topological polar surface area (TPSA) is 102 Å². The minimum atomic E-state index is -3.67. The molecule has 0 aromatic carbocycles. The van der Waals surface area contributed by atoms with E-state index in [0.717, 1.165) is 6.54 Å². The predicted molar refractivity (Wildman–Crippen MR) is 67.1 cm³/mol. The van der Waals surface area contributed by atoms with Crippen LogP contribution in [0.4, 0.5) is 5.82 Å². The van der Waals surface area contributed by atoms with Gasteiger partial charge in [-0.05, 0) is 24.6 Å². The summed E-state index contributed by atoms with van der Waals surface area (Å²) in [5, 5.41) is 4.99. The van der Waals surface area contributed by atoms with Crippen LogP contribution in [-0.4, -0.2) is 33.5 Å². The SMILES string of the molecule is CC(CN)CN(C)c1ccc(S(N)(=O)=O)cn1. The summed E-state index contributed by atoms with van der Waals surface area (Å²) in [6.45, 7) is 3.40. The second-order valence-electron chi connectivity index (χ2n) is 4.12. The molecule has 0 saturated heterocycles. The van der Waals surface area contributed by atoms with Gasteiger partial charge in [-0.25, -0.2) is 18.5 Å². The molecule has 1 rings (SSSR count). The fourth-order valence-electron chi connectivity index (χ4n) is 1.40. The van der Waals surface area contributed by atoms with Crippen molar-refractivity contribution in [3.05, 3.63) is 18.3 Å². The lowest BCUT2D eigenvalue weighted by Gasteiger charge is -2.21. The average Bonchev–Trinajstić information content (AvgIpc) is 2.27. The second-order valence-corrected chi connectivity index (χ2v) is 5.68. The lowest BCUT2D eigenvalue weighted by atomic mass is 10.2. The highest BCUT2D eigenvalue weighted by molar-refractivity contribution is 7.89. The summed E-state index contributed by atoms with van der Waals surface area (Å²) in [4.78, 5) is 5.99. The predicted octanol–water partition coefficient (Wildman–Crippen LogP) is -0.240. The molecule has 7 heteroatoms. The fraction of sp³-hybridized carbons (Fsp3) is 0.500. The third-order valence-corrected chi connectivity index (χ3v) is 3.33. The van der Waals surface area contributed by atoms with Crippen molar-refractivity contribution in [3.8, 4) is 0 Å². The summed E-state index contributed by atoms with van der Waals surface area (Å²) in [5.41, 5.74) is 5.54. The number of pyridine rings is 1. The number of rotatable bonds is 5. The van der Waals surface area contributed by atoms with Crippen LogP contribution < -0.4 is 15.8 Å². The monoisotopic (exact) mass is 258 g/mol. The average molecular weight is 258 g/mol. The number of nitrogens with zero attached hydrogens (tertiary/aromatic N) is 2. The van der Waals surface area contributed by atoms with E-state index in [4.69, 9.17) is 10.9 Å². The quantitative estimate of drug-likeness (QED) is 0.759. The molecule has 1 atom stereocenters. The van der Waals surface area contributed by atoms with Gasteiger partial charge in [0.1, 0.15) is 10.7 Å². The van der Waals surface area contributed by atoms with Gasteiger partial charge in [0.15, 0.2) is 0 Å². The largest absolute Gasteiger partial charge is 0.359 e. The number of primary sulfonamides is 1. The highest BCUT2D eigenvalue weighted by atomic mass is 32.2. The van der Waals surface area contributed by atoms with Crippen LogP contribution in [-0.2, 0) is 10.0 Å². The Hall–Kier alpha value is -1.18. The lowest BCUT2D eigenvalue weighted by molar-refractivity contribution is 0.586. The van der Waals surface area contributed by atoms with Gasteiger partial charge in [0.05, 0.1) is 0 Å². The summed E-state index contributed by atoms with van der Waals surface area (Å²) >= 11 is 0. The molecule has 0 aliphatic carbocycles. The van der Waals surface area contributed by atoms with E-state index in [0.29, 0.717) is 18.3 Å². The smallest absolute Gasteiger partial charge is 0.239 e. The van der Waals surface area contributed by atoms with Crippen LogP contribution in [0, 0.1) is 5.92 Å². The molecule has 0 fully saturated rings. The summed E-state index contributed by atoms with van der Waals surface area (Å²) < 4.78 is 22.1. The van der Waals surface area contributed by atoms with Crippen molar-refractivity contribution in [3.63, 3.8) is 0 Å². The molecule has 6 nitrogen and oxygen atoms in total. The molecule has 4 N–H and O–H groups in total. The van der Waals surface area contributed by atoms with Crippen molar-refractivity contribution >= 4 is 15.8 Å². The first-order valence-electron chi connectivity index (χ1n) is 5.24. The molecular formula is C10H18N4O2S. The maximum atomic E-state index is 11.0. The number of hydrogen-bond acceptors (Lipinski definition) is 5. The van der Waals surface area contributed by atoms with E-state index < -0.39 is 10.0 Å². The summed E-state index contributed by atoms with van der Waals surface area (Å²) in [5.74, 6) is 1.04. The fourth-order valence-corrected chi connectivity index (χ4v) is 1.86. The third-order valence-electron chi connectivity index (χ3n) is 2.43. The molecular weight excluding hydrogens is 240 g/mol. The van der Waals surface area contributed by atoms with Gasteiger partial charge in [-0.3, -0.25) is 0 Å². The van der Waals surface area contributed by atoms with Crippen LogP contribution in [0.15, 0.2) is 23.2 Å². The van der Waals surface area contributed by atoms with E-state index >= 15 is 0 Å². The number of aromatic nitrogens is 1. The van der Waals surface area contributed by atoms with Gasteiger partial charge in [0, 0.05) is 19.8 Å². The number of hydrogen-bond donors (Lipinski definition) is 2. The van der Waals surface area contributed by atoms with Crippen molar-refractivity contribution in [1.82, 2.24) is 4.98 Å². The van der Waals surface area contributed by atoms with E-state index in [9.17, 15) is 8.42 Å². The molecule has 0 bridgehead atoms. The first-order chi connectivity index (χ1) is 7.84. The Kier molecular flexibility index (Phi) is 4.44. The molecule has 0 saturated carbocycles. The highest BCUT2D eigenvalue weighted by Crippen LogP contribution is 2.13. The lowest BCUT2D eigenvalue weighted by Crippen LogP contribution is -2.28. The van der Waals surface area contributed by atoms with E-state index in [1.54, 1.807) is 6.07 Å². The first kappa shape index (κ1) is 13.9. The van der Waals surface area contributed by atoms with E-state index in [2.05, 4.69) is 4.98 Å². The molecule has 0 spiro atoms. The maximum Gasteiger partial charge on any atom is 0.239 e. The molecule has 0 aliphatic heterocycles. The summed E-state index contributed by atoms with van der Waals surface area (Å²) in [6.07, 6.45) is 1.26. The minimum absolute atomic E-state index is 0.0153. The van der Waals surface area contributed by atoms with Crippen LogP contribution >= 0.6 is 0 Å². The number of nitrogens with two attached hydrogens (primary N) is 2. The van der Waals surface area contributed by atoms with Crippen molar-refractivity contribution in [2.24, 2.45) is 16.8 Å². The standard InChI is InChI=1S/C10H18N4O2S/c1-8(5-11)7-14(2)10-4-3-9(6-13-10)17(12,15)16/h3-4,6,8H,5,7,11H2,1-2H3,(H2,12,15,16). The van der Waals surface area contributed by atoms with Crippen LogP contribution in [0.25, 0.3) is 0 Å². The summed E-state index contributed by atoms with van der Waals surface area (Å²) in [7, 11) is -1.79. The Morgan fingerprint density at radius 2 is 2.12 bits per heavy atom. The molecule has 0 aliphatic rings. The Bertz CT molecular complexity index is 458. The normalized spacial score (nSPS) is 13.4. The molecule has 0 radical (unpaired) electrons. The van der Waals surface area contributed by atoms with E-state index in [1.807, 2.05) is 18.9 Å². The van der Waals surface area contributed by atoms with Crippen LogP contribution in [0.2, 0.25) is 0 Å². The molecule has 1 heterocycles. The van der Waals surface area contributed by atoms with Gasteiger partial charge in [0.25, 0.3) is 0 Å².